The number of methoxy groups -OCH3 is 1. The lowest BCUT2D eigenvalue weighted by Gasteiger charge is -2.34. The van der Waals surface area contributed by atoms with E-state index in [0.717, 1.165) is 39.5 Å². The molecule has 4 heterocycles. The normalized spacial score (nSPS) is 17.1. The molecule has 0 bridgehead atoms. The molecule has 1 unspecified atom stereocenters. The molecule has 154 valence electrons. The number of esters is 1. The van der Waals surface area contributed by atoms with Gasteiger partial charge < -0.3 is 14.4 Å². The van der Waals surface area contributed by atoms with Crippen LogP contribution in [0.5, 0.6) is 0 Å². The van der Waals surface area contributed by atoms with Crippen molar-refractivity contribution in [1.82, 2.24) is 19.7 Å². The summed E-state index contributed by atoms with van der Waals surface area (Å²) in [5.41, 5.74) is 3.00. The molecular weight excluding hydrogens is 390 g/mol. The highest BCUT2D eigenvalue weighted by molar-refractivity contribution is 7.20. The number of carbonyl (C=O) groups excluding carboxylic acids is 1. The van der Waals surface area contributed by atoms with Crippen LogP contribution >= 0.6 is 11.3 Å². The van der Waals surface area contributed by atoms with Gasteiger partial charge in [0.2, 0.25) is 0 Å². The van der Waals surface area contributed by atoms with Gasteiger partial charge in [0.15, 0.2) is 0 Å². The molecule has 0 aliphatic carbocycles. The van der Waals surface area contributed by atoms with Crippen molar-refractivity contribution in [2.24, 2.45) is 0 Å². The van der Waals surface area contributed by atoms with E-state index in [2.05, 4.69) is 28.0 Å². The summed E-state index contributed by atoms with van der Waals surface area (Å²) in [5, 5.41) is 5.48. The van der Waals surface area contributed by atoms with Gasteiger partial charge in [0.1, 0.15) is 21.3 Å². The number of rotatable bonds is 4. The molecule has 3 aromatic heterocycles. The molecule has 3 aromatic rings. The van der Waals surface area contributed by atoms with Crippen molar-refractivity contribution in [2.45, 2.75) is 40.3 Å². The SMILES string of the molecule is COC(=O)c1sc2nc(C)nc(N3CCOC(Cn4nc(C)cc4C)C3)c2c1C. The summed E-state index contributed by atoms with van der Waals surface area (Å²) < 4.78 is 12.9. The highest BCUT2D eigenvalue weighted by Crippen LogP contribution is 2.36. The highest BCUT2D eigenvalue weighted by atomic mass is 32.1. The number of nitrogens with zero attached hydrogens (tertiary/aromatic N) is 5. The zero-order valence-corrected chi connectivity index (χ0v) is 18.2. The van der Waals surface area contributed by atoms with E-state index in [-0.39, 0.29) is 12.1 Å². The Morgan fingerprint density at radius 2 is 2.10 bits per heavy atom. The lowest BCUT2D eigenvalue weighted by Crippen LogP contribution is -2.45. The van der Waals surface area contributed by atoms with Crippen LogP contribution in [0, 0.1) is 27.7 Å². The standard InChI is InChI=1S/C20H25N5O3S/c1-11-8-12(2)25(23-11)10-15-9-24(6-7-28-15)18-16-13(3)17(20(26)27-5)29-19(16)22-14(4)21-18/h8,15H,6-7,9-10H2,1-5H3. The van der Waals surface area contributed by atoms with Crippen molar-refractivity contribution >= 4 is 33.3 Å². The number of fused-ring (bicyclic) bond motifs is 1. The number of carbonyl (C=O) groups is 1. The Hall–Kier alpha value is -2.52. The Morgan fingerprint density at radius 3 is 2.79 bits per heavy atom. The molecule has 0 N–H and O–H groups in total. The number of morpholine rings is 1. The summed E-state index contributed by atoms with van der Waals surface area (Å²) in [5.74, 6) is 1.21. The second-order valence-electron chi connectivity index (χ2n) is 7.37. The van der Waals surface area contributed by atoms with Crippen LogP contribution in [0.2, 0.25) is 0 Å². The van der Waals surface area contributed by atoms with E-state index in [0.29, 0.717) is 30.4 Å². The molecule has 0 spiro atoms. The van der Waals surface area contributed by atoms with Crippen LogP contribution < -0.4 is 4.90 Å². The van der Waals surface area contributed by atoms with E-state index in [4.69, 9.17) is 14.5 Å². The molecule has 1 aliphatic heterocycles. The quantitative estimate of drug-likeness (QED) is 0.606. The van der Waals surface area contributed by atoms with Crippen molar-refractivity contribution in [1.29, 1.82) is 0 Å². The molecule has 9 heteroatoms. The Bertz CT molecular complexity index is 1070. The van der Waals surface area contributed by atoms with E-state index in [1.807, 2.05) is 25.5 Å². The maximum absolute atomic E-state index is 12.2. The highest BCUT2D eigenvalue weighted by Gasteiger charge is 2.27. The molecule has 1 atom stereocenters. The molecule has 1 fully saturated rings. The third-order valence-electron chi connectivity index (χ3n) is 5.17. The zero-order valence-electron chi connectivity index (χ0n) is 17.4. The van der Waals surface area contributed by atoms with Gasteiger partial charge in [-0.15, -0.1) is 11.3 Å². The van der Waals surface area contributed by atoms with Crippen molar-refractivity contribution < 1.29 is 14.3 Å². The molecule has 0 saturated carbocycles. The summed E-state index contributed by atoms with van der Waals surface area (Å²) in [4.78, 5) is 25.1. The fourth-order valence-electron chi connectivity index (χ4n) is 3.81. The number of thiophene rings is 1. The Balaban J connectivity index is 1.67. The largest absolute Gasteiger partial charge is 0.465 e. The minimum atomic E-state index is -0.335. The number of anilines is 1. The number of hydrogen-bond acceptors (Lipinski definition) is 8. The Kier molecular flexibility index (Phi) is 5.26. The number of aryl methyl sites for hydroxylation is 4. The van der Waals surface area contributed by atoms with Gasteiger partial charge in [0.05, 0.1) is 37.4 Å². The van der Waals surface area contributed by atoms with Crippen molar-refractivity contribution in [3.05, 3.63) is 33.7 Å². The first-order valence-electron chi connectivity index (χ1n) is 9.61. The summed E-state index contributed by atoms with van der Waals surface area (Å²) >= 11 is 1.36. The Labute approximate surface area is 173 Å². The van der Waals surface area contributed by atoms with Gasteiger partial charge in [-0.25, -0.2) is 14.8 Å². The molecular formula is C20H25N5O3S. The van der Waals surface area contributed by atoms with Crippen LogP contribution in [0.25, 0.3) is 10.2 Å². The molecule has 0 amide bonds. The molecule has 1 aliphatic rings. The van der Waals surface area contributed by atoms with E-state index in [1.165, 1.54) is 18.4 Å². The third kappa shape index (κ3) is 3.72. The number of hydrogen-bond donors (Lipinski definition) is 0. The lowest BCUT2D eigenvalue weighted by atomic mass is 10.1. The molecule has 4 rings (SSSR count). The number of ether oxygens (including phenoxy) is 2. The molecule has 1 saturated heterocycles. The van der Waals surface area contributed by atoms with Crippen LogP contribution in [-0.4, -0.2) is 58.6 Å². The first kappa shape index (κ1) is 19.8. The van der Waals surface area contributed by atoms with E-state index < -0.39 is 0 Å². The first-order valence-corrected chi connectivity index (χ1v) is 10.4. The minimum Gasteiger partial charge on any atom is -0.465 e. The van der Waals surface area contributed by atoms with E-state index in [9.17, 15) is 4.79 Å². The van der Waals surface area contributed by atoms with Crippen LogP contribution in [0.1, 0.15) is 32.4 Å². The monoisotopic (exact) mass is 415 g/mol. The van der Waals surface area contributed by atoms with Gasteiger partial charge in [-0.3, -0.25) is 4.68 Å². The van der Waals surface area contributed by atoms with Gasteiger partial charge in [-0.1, -0.05) is 0 Å². The zero-order chi connectivity index (χ0) is 20.7. The van der Waals surface area contributed by atoms with Crippen molar-refractivity contribution in [3.8, 4) is 0 Å². The van der Waals surface area contributed by atoms with Gasteiger partial charge in [-0.2, -0.15) is 5.10 Å². The van der Waals surface area contributed by atoms with Gasteiger partial charge in [0.25, 0.3) is 0 Å². The van der Waals surface area contributed by atoms with E-state index in [1.54, 1.807) is 0 Å². The molecule has 29 heavy (non-hydrogen) atoms. The lowest BCUT2D eigenvalue weighted by molar-refractivity contribution is 0.0268. The predicted molar refractivity (Wildman–Crippen MR) is 112 cm³/mol. The average molecular weight is 416 g/mol. The first-order chi connectivity index (χ1) is 13.9. The summed E-state index contributed by atoms with van der Waals surface area (Å²) in [6, 6.07) is 2.07. The van der Waals surface area contributed by atoms with Crippen LogP contribution in [0.15, 0.2) is 6.07 Å². The second kappa shape index (κ2) is 7.72. The molecule has 0 aromatic carbocycles. The summed E-state index contributed by atoms with van der Waals surface area (Å²) in [6.07, 6.45) is 0.00564. The topological polar surface area (TPSA) is 82.4 Å². The minimum absolute atomic E-state index is 0.00564. The van der Waals surface area contributed by atoms with Gasteiger partial charge >= 0.3 is 5.97 Å². The van der Waals surface area contributed by atoms with Crippen LogP contribution in [0.4, 0.5) is 5.82 Å². The molecule has 8 nitrogen and oxygen atoms in total. The fourth-order valence-corrected chi connectivity index (χ4v) is 4.95. The average Bonchev–Trinajstić information content (AvgIpc) is 3.19. The predicted octanol–water partition coefficient (Wildman–Crippen LogP) is 2.81. The van der Waals surface area contributed by atoms with Crippen LogP contribution in [-0.2, 0) is 16.0 Å². The summed E-state index contributed by atoms with van der Waals surface area (Å²) in [7, 11) is 1.40. The van der Waals surface area contributed by atoms with Crippen molar-refractivity contribution in [3.63, 3.8) is 0 Å². The van der Waals surface area contributed by atoms with Gasteiger partial charge in [-0.05, 0) is 39.3 Å². The van der Waals surface area contributed by atoms with E-state index >= 15 is 0 Å². The van der Waals surface area contributed by atoms with Gasteiger partial charge in [0, 0.05) is 18.8 Å². The number of aromatic nitrogens is 4. The maximum atomic E-state index is 12.2. The third-order valence-corrected chi connectivity index (χ3v) is 6.34. The van der Waals surface area contributed by atoms with Crippen molar-refractivity contribution in [2.75, 3.05) is 31.7 Å². The smallest absolute Gasteiger partial charge is 0.348 e. The molecule has 0 radical (unpaired) electrons. The van der Waals surface area contributed by atoms with Crippen LogP contribution in [0.3, 0.4) is 0 Å². The fraction of sp³-hybridized carbons (Fsp3) is 0.500. The second-order valence-corrected chi connectivity index (χ2v) is 8.37. The summed E-state index contributed by atoms with van der Waals surface area (Å²) in [6.45, 7) is 10.6. The Morgan fingerprint density at radius 1 is 1.31 bits per heavy atom. The maximum Gasteiger partial charge on any atom is 0.348 e.